The summed E-state index contributed by atoms with van der Waals surface area (Å²) in [5, 5.41) is 7.74. The van der Waals surface area contributed by atoms with Crippen molar-refractivity contribution >= 4 is 12.0 Å². The SMILES string of the molecule is Cc1cccc(-c2nnc(COC(=O)/C=C/c3ccc(OC(F)(F)F)cc3)o2)c1. The Morgan fingerprint density at radius 1 is 1.14 bits per heavy atom. The van der Waals surface area contributed by atoms with Gasteiger partial charge in [0.05, 0.1) is 0 Å². The highest BCUT2D eigenvalue weighted by molar-refractivity contribution is 5.87. The van der Waals surface area contributed by atoms with E-state index < -0.39 is 12.3 Å². The predicted octanol–water partition coefficient (Wildman–Crippen LogP) is 4.70. The van der Waals surface area contributed by atoms with Crippen molar-refractivity contribution in [1.82, 2.24) is 10.2 Å². The Morgan fingerprint density at radius 3 is 2.59 bits per heavy atom. The van der Waals surface area contributed by atoms with E-state index in [1.807, 2.05) is 31.2 Å². The minimum Gasteiger partial charge on any atom is -0.452 e. The molecule has 6 nitrogen and oxygen atoms in total. The summed E-state index contributed by atoms with van der Waals surface area (Å²) in [6.07, 6.45) is -2.22. The zero-order valence-corrected chi connectivity index (χ0v) is 15.1. The Balaban J connectivity index is 1.52. The first kappa shape index (κ1) is 20.1. The number of rotatable bonds is 6. The first-order valence-electron chi connectivity index (χ1n) is 8.38. The topological polar surface area (TPSA) is 74.5 Å². The average Bonchev–Trinajstić information content (AvgIpc) is 3.14. The van der Waals surface area contributed by atoms with Crippen molar-refractivity contribution in [3.05, 3.63) is 71.6 Å². The highest BCUT2D eigenvalue weighted by atomic mass is 19.4. The highest BCUT2D eigenvalue weighted by Gasteiger charge is 2.30. The molecule has 9 heteroatoms. The van der Waals surface area contributed by atoms with E-state index in [4.69, 9.17) is 9.15 Å². The van der Waals surface area contributed by atoms with Gasteiger partial charge in [0.15, 0.2) is 6.61 Å². The van der Waals surface area contributed by atoms with E-state index in [0.29, 0.717) is 11.5 Å². The van der Waals surface area contributed by atoms with Gasteiger partial charge in [-0.2, -0.15) is 0 Å². The molecular weight excluding hydrogens is 389 g/mol. The zero-order valence-electron chi connectivity index (χ0n) is 15.1. The van der Waals surface area contributed by atoms with Crippen LogP contribution in [0.3, 0.4) is 0 Å². The molecule has 1 heterocycles. The maximum Gasteiger partial charge on any atom is 0.573 e. The fourth-order valence-corrected chi connectivity index (χ4v) is 2.33. The number of carbonyl (C=O) groups excluding carboxylic acids is 1. The monoisotopic (exact) mass is 404 g/mol. The average molecular weight is 404 g/mol. The molecule has 0 saturated heterocycles. The van der Waals surface area contributed by atoms with Gasteiger partial charge in [-0.05, 0) is 42.8 Å². The van der Waals surface area contributed by atoms with Gasteiger partial charge in [-0.15, -0.1) is 23.4 Å². The van der Waals surface area contributed by atoms with Gasteiger partial charge in [0, 0.05) is 11.6 Å². The fourth-order valence-electron chi connectivity index (χ4n) is 2.33. The number of ether oxygens (including phenoxy) is 2. The Kier molecular flexibility index (Phi) is 5.96. The van der Waals surface area contributed by atoms with Gasteiger partial charge in [0.25, 0.3) is 5.89 Å². The van der Waals surface area contributed by atoms with Gasteiger partial charge in [0.1, 0.15) is 5.75 Å². The van der Waals surface area contributed by atoms with Crippen molar-refractivity contribution in [1.29, 1.82) is 0 Å². The number of aromatic nitrogens is 2. The summed E-state index contributed by atoms with van der Waals surface area (Å²) in [6.45, 7) is 1.73. The van der Waals surface area contributed by atoms with Gasteiger partial charge < -0.3 is 13.9 Å². The molecule has 0 amide bonds. The number of halogens is 3. The zero-order chi connectivity index (χ0) is 20.9. The number of benzene rings is 2. The van der Waals surface area contributed by atoms with Crippen LogP contribution in [-0.2, 0) is 16.1 Å². The van der Waals surface area contributed by atoms with Gasteiger partial charge >= 0.3 is 12.3 Å². The third-order valence-corrected chi connectivity index (χ3v) is 3.60. The largest absolute Gasteiger partial charge is 0.573 e. The van der Waals surface area contributed by atoms with Crippen molar-refractivity contribution in [3.8, 4) is 17.2 Å². The number of alkyl halides is 3. The predicted molar refractivity (Wildman–Crippen MR) is 96.4 cm³/mol. The molecule has 0 saturated carbocycles. The van der Waals surface area contributed by atoms with Crippen LogP contribution in [0.1, 0.15) is 17.0 Å². The van der Waals surface area contributed by atoms with Crippen LogP contribution >= 0.6 is 0 Å². The van der Waals surface area contributed by atoms with E-state index in [1.54, 1.807) is 0 Å². The Hall–Kier alpha value is -3.62. The minimum absolute atomic E-state index is 0.136. The maximum absolute atomic E-state index is 12.1. The van der Waals surface area contributed by atoms with Crippen molar-refractivity contribution in [3.63, 3.8) is 0 Å². The third kappa shape index (κ3) is 6.20. The highest BCUT2D eigenvalue weighted by Crippen LogP contribution is 2.23. The number of hydrogen-bond donors (Lipinski definition) is 0. The second-order valence-electron chi connectivity index (χ2n) is 5.93. The summed E-state index contributed by atoms with van der Waals surface area (Å²) in [6, 6.07) is 12.5. The van der Waals surface area contributed by atoms with Gasteiger partial charge in [-0.1, -0.05) is 29.8 Å². The van der Waals surface area contributed by atoms with Crippen LogP contribution in [0.2, 0.25) is 0 Å². The Bertz CT molecular complexity index is 1010. The normalized spacial score (nSPS) is 11.6. The molecule has 0 unspecified atom stereocenters. The summed E-state index contributed by atoms with van der Waals surface area (Å²) >= 11 is 0. The molecule has 3 aromatic rings. The first-order valence-corrected chi connectivity index (χ1v) is 8.38. The van der Waals surface area contributed by atoms with Crippen molar-refractivity contribution < 1.29 is 31.9 Å². The summed E-state index contributed by atoms with van der Waals surface area (Å²) in [5.74, 6) is -0.567. The molecule has 0 spiro atoms. The van der Waals surface area contributed by atoms with E-state index >= 15 is 0 Å². The molecule has 0 radical (unpaired) electrons. The van der Waals surface area contributed by atoms with Crippen LogP contribution < -0.4 is 4.74 Å². The molecule has 150 valence electrons. The number of aryl methyl sites for hydroxylation is 1. The second kappa shape index (κ2) is 8.59. The van der Waals surface area contributed by atoms with Crippen LogP contribution in [0.4, 0.5) is 13.2 Å². The molecular formula is C20H15F3N2O4. The fraction of sp³-hybridized carbons (Fsp3) is 0.150. The van der Waals surface area contributed by atoms with E-state index in [2.05, 4.69) is 14.9 Å². The lowest BCUT2D eigenvalue weighted by molar-refractivity contribution is -0.274. The summed E-state index contributed by atoms with van der Waals surface area (Å²) < 4.78 is 50.6. The lowest BCUT2D eigenvalue weighted by atomic mass is 10.1. The van der Waals surface area contributed by atoms with E-state index in [0.717, 1.165) is 29.3 Å². The van der Waals surface area contributed by atoms with Crippen LogP contribution in [0.15, 0.2) is 59.0 Å². The van der Waals surface area contributed by atoms with Crippen LogP contribution in [0.25, 0.3) is 17.5 Å². The molecule has 0 aliphatic rings. The molecule has 3 rings (SSSR count). The molecule has 29 heavy (non-hydrogen) atoms. The van der Waals surface area contributed by atoms with Crippen LogP contribution in [0.5, 0.6) is 5.75 Å². The smallest absolute Gasteiger partial charge is 0.452 e. The first-order chi connectivity index (χ1) is 13.8. The molecule has 0 aliphatic carbocycles. The lowest BCUT2D eigenvalue weighted by Gasteiger charge is -2.08. The van der Waals surface area contributed by atoms with E-state index in [1.165, 1.54) is 18.2 Å². The summed E-state index contributed by atoms with van der Waals surface area (Å²) in [7, 11) is 0. The lowest BCUT2D eigenvalue weighted by Crippen LogP contribution is -2.16. The Morgan fingerprint density at radius 2 is 1.90 bits per heavy atom. The summed E-state index contributed by atoms with van der Waals surface area (Å²) in [5.41, 5.74) is 2.29. The molecule has 0 N–H and O–H groups in total. The number of esters is 1. The van der Waals surface area contributed by atoms with Crippen LogP contribution in [-0.4, -0.2) is 22.5 Å². The third-order valence-electron chi connectivity index (χ3n) is 3.60. The van der Waals surface area contributed by atoms with Crippen LogP contribution in [0, 0.1) is 6.92 Å². The van der Waals surface area contributed by atoms with Gasteiger partial charge in [0.2, 0.25) is 5.89 Å². The molecule has 0 atom stereocenters. The summed E-state index contributed by atoms with van der Waals surface area (Å²) in [4.78, 5) is 11.8. The van der Waals surface area contributed by atoms with Gasteiger partial charge in [-0.3, -0.25) is 0 Å². The molecule has 2 aromatic carbocycles. The van der Waals surface area contributed by atoms with Gasteiger partial charge in [-0.25, -0.2) is 4.79 Å². The molecule has 0 aliphatic heterocycles. The molecule has 0 bridgehead atoms. The van der Waals surface area contributed by atoms with E-state index in [-0.39, 0.29) is 18.2 Å². The Labute approximate surface area is 163 Å². The van der Waals surface area contributed by atoms with Crippen molar-refractivity contribution in [2.24, 2.45) is 0 Å². The standard InChI is InChI=1S/C20H15F3N2O4/c1-13-3-2-4-15(11-13)19-25-24-17(28-19)12-27-18(26)10-7-14-5-8-16(9-6-14)29-20(21,22)23/h2-11H,12H2,1H3/b10-7+. The van der Waals surface area contributed by atoms with Crippen molar-refractivity contribution in [2.75, 3.05) is 0 Å². The van der Waals surface area contributed by atoms with E-state index in [9.17, 15) is 18.0 Å². The number of carbonyl (C=O) groups is 1. The number of hydrogen-bond acceptors (Lipinski definition) is 6. The second-order valence-corrected chi connectivity index (χ2v) is 5.93. The maximum atomic E-state index is 12.1. The van der Waals surface area contributed by atoms with Crippen molar-refractivity contribution in [2.45, 2.75) is 19.9 Å². The molecule has 1 aromatic heterocycles. The quantitative estimate of drug-likeness (QED) is 0.438. The minimum atomic E-state index is -4.75. The molecule has 0 fully saturated rings. The number of nitrogens with zero attached hydrogens (tertiary/aromatic N) is 2.